The second-order valence-electron chi connectivity index (χ2n) is 3.84. The molecule has 2 rings (SSSR count). The van der Waals surface area contributed by atoms with Gasteiger partial charge in [0.1, 0.15) is 18.0 Å². The van der Waals surface area contributed by atoms with E-state index in [-0.39, 0.29) is 5.82 Å². The largest absolute Gasteiger partial charge is 0.370 e. The van der Waals surface area contributed by atoms with Gasteiger partial charge in [0.15, 0.2) is 0 Å². The number of hydrogen-bond acceptors (Lipinski definition) is 3. The summed E-state index contributed by atoms with van der Waals surface area (Å²) in [7, 11) is 0. The van der Waals surface area contributed by atoms with Gasteiger partial charge >= 0.3 is 0 Å². The number of halogens is 1. The Labute approximate surface area is 99.7 Å². The third kappa shape index (κ3) is 2.78. The van der Waals surface area contributed by atoms with Crippen LogP contribution in [0.25, 0.3) is 11.3 Å². The molecule has 0 aliphatic carbocycles. The van der Waals surface area contributed by atoms with Crippen LogP contribution >= 0.6 is 0 Å². The normalized spacial score (nSPS) is 10.3. The van der Waals surface area contributed by atoms with Gasteiger partial charge in [-0.25, -0.2) is 14.4 Å². The fraction of sp³-hybridized carbons (Fsp3) is 0.231. The second kappa shape index (κ2) is 4.91. The van der Waals surface area contributed by atoms with E-state index >= 15 is 0 Å². The van der Waals surface area contributed by atoms with E-state index in [0.717, 1.165) is 29.2 Å². The number of rotatable bonds is 3. The van der Waals surface area contributed by atoms with Crippen molar-refractivity contribution in [2.24, 2.45) is 0 Å². The molecule has 17 heavy (non-hydrogen) atoms. The molecule has 0 saturated carbocycles. The van der Waals surface area contributed by atoms with Crippen LogP contribution in [0.2, 0.25) is 0 Å². The van der Waals surface area contributed by atoms with Crippen molar-refractivity contribution in [2.75, 3.05) is 11.9 Å². The van der Waals surface area contributed by atoms with Crippen molar-refractivity contribution in [2.45, 2.75) is 13.8 Å². The lowest BCUT2D eigenvalue weighted by molar-refractivity contribution is 0.627. The first-order valence-corrected chi connectivity index (χ1v) is 5.52. The Bertz CT molecular complexity index is 506. The van der Waals surface area contributed by atoms with Crippen molar-refractivity contribution in [3.05, 3.63) is 42.0 Å². The summed E-state index contributed by atoms with van der Waals surface area (Å²) in [6.07, 6.45) is 1.48. The molecule has 1 aromatic heterocycles. The molecule has 1 aromatic carbocycles. The van der Waals surface area contributed by atoms with Crippen molar-refractivity contribution < 1.29 is 4.39 Å². The maximum absolute atomic E-state index is 13.3. The molecule has 0 radical (unpaired) electrons. The van der Waals surface area contributed by atoms with E-state index in [2.05, 4.69) is 15.3 Å². The van der Waals surface area contributed by atoms with Gasteiger partial charge in [-0.3, -0.25) is 0 Å². The highest BCUT2D eigenvalue weighted by Crippen LogP contribution is 2.21. The molecule has 0 bridgehead atoms. The van der Waals surface area contributed by atoms with Crippen LogP contribution < -0.4 is 5.32 Å². The van der Waals surface area contributed by atoms with Crippen molar-refractivity contribution in [1.29, 1.82) is 0 Å². The molecule has 0 unspecified atom stereocenters. The Balaban J connectivity index is 2.41. The van der Waals surface area contributed by atoms with Gasteiger partial charge in [-0.15, -0.1) is 0 Å². The minimum Gasteiger partial charge on any atom is -0.370 e. The monoisotopic (exact) mass is 231 g/mol. The molecule has 4 heteroatoms. The maximum atomic E-state index is 13.3. The molecular weight excluding hydrogens is 217 g/mol. The average Bonchev–Trinajstić information content (AvgIpc) is 2.28. The lowest BCUT2D eigenvalue weighted by Crippen LogP contribution is -2.00. The summed E-state index contributed by atoms with van der Waals surface area (Å²) >= 11 is 0. The highest BCUT2D eigenvalue weighted by atomic mass is 19.1. The summed E-state index contributed by atoms with van der Waals surface area (Å²) in [4.78, 5) is 8.24. The number of nitrogens with zero attached hydrogens (tertiary/aromatic N) is 2. The molecule has 1 N–H and O–H groups in total. The summed E-state index contributed by atoms with van der Waals surface area (Å²) in [5, 5.41) is 3.10. The maximum Gasteiger partial charge on any atom is 0.129 e. The van der Waals surface area contributed by atoms with Gasteiger partial charge in [0.2, 0.25) is 0 Å². The number of anilines is 1. The zero-order chi connectivity index (χ0) is 12.3. The fourth-order valence-corrected chi connectivity index (χ4v) is 1.68. The Morgan fingerprint density at radius 2 is 2.00 bits per heavy atom. The van der Waals surface area contributed by atoms with Gasteiger partial charge in [0.05, 0.1) is 5.69 Å². The van der Waals surface area contributed by atoms with Crippen LogP contribution in [0.4, 0.5) is 10.2 Å². The summed E-state index contributed by atoms with van der Waals surface area (Å²) in [6.45, 7) is 4.64. The Morgan fingerprint density at radius 3 is 2.71 bits per heavy atom. The quantitative estimate of drug-likeness (QED) is 0.882. The average molecular weight is 231 g/mol. The van der Waals surface area contributed by atoms with Crippen molar-refractivity contribution in [1.82, 2.24) is 9.97 Å². The Morgan fingerprint density at radius 1 is 1.18 bits per heavy atom. The van der Waals surface area contributed by atoms with Gasteiger partial charge in [0, 0.05) is 18.2 Å². The summed E-state index contributed by atoms with van der Waals surface area (Å²) in [5.74, 6) is 0.503. The molecule has 1 heterocycles. The zero-order valence-electron chi connectivity index (χ0n) is 9.87. The predicted octanol–water partition coefficient (Wildman–Crippen LogP) is 3.02. The van der Waals surface area contributed by atoms with Crippen LogP contribution in [0.5, 0.6) is 0 Å². The minimum absolute atomic E-state index is 0.247. The van der Waals surface area contributed by atoms with E-state index in [1.807, 2.05) is 26.0 Å². The van der Waals surface area contributed by atoms with Crippen molar-refractivity contribution >= 4 is 5.82 Å². The molecule has 0 atom stereocenters. The summed E-state index contributed by atoms with van der Waals surface area (Å²) < 4.78 is 13.3. The highest BCUT2D eigenvalue weighted by Gasteiger charge is 2.04. The van der Waals surface area contributed by atoms with Gasteiger partial charge in [0.25, 0.3) is 0 Å². The number of benzene rings is 1. The lowest BCUT2D eigenvalue weighted by atomic mass is 10.1. The van der Waals surface area contributed by atoms with Crippen molar-refractivity contribution in [3.63, 3.8) is 0 Å². The fourth-order valence-electron chi connectivity index (χ4n) is 1.68. The Kier molecular flexibility index (Phi) is 3.32. The molecule has 0 aliphatic heterocycles. The van der Waals surface area contributed by atoms with Crippen LogP contribution in [0.1, 0.15) is 12.5 Å². The SMILES string of the molecule is CCNc1cc(-c2cc(C)cc(F)c2)ncn1. The van der Waals surface area contributed by atoms with E-state index in [1.54, 1.807) is 0 Å². The zero-order valence-corrected chi connectivity index (χ0v) is 9.87. The predicted molar refractivity (Wildman–Crippen MR) is 66.3 cm³/mol. The minimum atomic E-state index is -0.247. The molecule has 2 aromatic rings. The topological polar surface area (TPSA) is 37.8 Å². The van der Waals surface area contributed by atoms with Crippen molar-refractivity contribution in [3.8, 4) is 11.3 Å². The van der Waals surface area contributed by atoms with E-state index in [0.29, 0.717) is 0 Å². The third-order valence-electron chi connectivity index (χ3n) is 2.36. The summed E-state index contributed by atoms with van der Waals surface area (Å²) in [5.41, 5.74) is 2.37. The highest BCUT2D eigenvalue weighted by molar-refractivity contribution is 5.62. The smallest absolute Gasteiger partial charge is 0.129 e. The van der Waals surface area contributed by atoms with Gasteiger partial charge in [-0.1, -0.05) is 0 Å². The Hall–Kier alpha value is -1.97. The standard InChI is InChI=1S/C13H14FN3/c1-3-15-13-7-12(16-8-17-13)10-4-9(2)5-11(14)6-10/h4-8H,3H2,1-2H3,(H,15,16,17). The molecular formula is C13H14FN3. The van der Waals surface area contributed by atoms with Gasteiger partial charge in [-0.05, 0) is 37.6 Å². The summed E-state index contributed by atoms with van der Waals surface area (Å²) in [6, 6.07) is 6.69. The molecule has 0 saturated heterocycles. The third-order valence-corrected chi connectivity index (χ3v) is 2.36. The number of aryl methyl sites for hydroxylation is 1. The first-order chi connectivity index (χ1) is 8.19. The lowest BCUT2D eigenvalue weighted by Gasteiger charge is -2.05. The molecule has 0 fully saturated rings. The van der Waals surface area contributed by atoms with Crippen LogP contribution in [0, 0.1) is 12.7 Å². The van der Waals surface area contributed by atoms with Crippen LogP contribution in [0.3, 0.4) is 0 Å². The second-order valence-corrected chi connectivity index (χ2v) is 3.84. The van der Waals surface area contributed by atoms with Gasteiger partial charge in [-0.2, -0.15) is 0 Å². The molecule has 0 amide bonds. The van der Waals surface area contributed by atoms with E-state index < -0.39 is 0 Å². The molecule has 0 spiro atoms. The number of aromatic nitrogens is 2. The van der Waals surface area contributed by atoms with Crippen LogP contribution in [0.15, 0.2) is 30.6 Å². The molecule has 3 nitrogen and oxygen atoms in total. The first kappa shape index (κ1) is 11.5. The number of hydrogen-bond donors (Lipinski definition) is 1. The van der Waals surface area contributed by atoms with E-state index in [1.165, 1.54) is 18.5 Å². The molecule has 0 aliphatic rings. The van der Waals surface area contributed by atoms with E-state index in [4.69, 9.17) is 0 Å². The molecule has 88 valence electrons. The van der Waals surface area contributed by atoms with Crippen LogP contribution in [-0.2, 0) is 0 Å². The van der Waals surface area contributed by atoms with E-state index in [9.17, 15) is 4.39 Å². The first-order valence-electron chi connectivity index (χ1n) is 5.52. The van der Waals surface area contributed by atoms with Crippen LogP contribution in [-0.4, -0.2) is 16.5 Å². The van der Waals surface area contributed by atoms with Gasteiger partial charge < -0.3 is 5.32 Å². The number of nitrogens with one attached hydrogen (secondary N) is 1.